The van der Waals surface area contributed by atoms with Gasteiger partial charge in [0.1, 0.15) is 0 Å². The van der Waals surface area contributed by atoms with Gasteiger partial charge in [-0.1, -0.05) is 31.2 Å². The third-order valence-electron chi connectivity index (χ3n) is 2.79. The average Bonchev–Trinajstić information content (AvgIpc) is 2.27. The van der Waals surface area contributed by atoms with Crippen molar-refractivity contribution in [2.75, 3.05) is 13.1 Å². The van der Waals surface area contributed by atoms with E-state index >= 15 is 0 Å². The number of hydrogen-bond donors (Lipinski definition) is 1. The first-order chi connectivity index (χ1) is 8.44. The molecule has 0 aromatic heterocycles. The lowest BCUT2D eigenvalue weighted by molar-refractivity contribution is -0.0607. The molecule has 0 aliphatic rings. The predicted octanol–water partition coefficient (Wildman–Crippen LogP) is 3.85. The molecule has 18 heavy (non-hydrogen) atoms. The summed E-state index contributed by atoms with van der Waals surface area (Å²) in [6.45, 7) is 12.6. The quantitative estimate of drug-likeness (QED) is 0.773. The van der Waals surface area contributed by atoms with E-state index in [9.17, 15) is 0 Å². The molecule has 0 amide bonds. The average molecular weight is 249 g/mol. The molecule has 1 aromatic rings. The van der Waals surface area contributed by atoms with Crippen molar-refractivity contribution in [3.63, 3.8) is 0 Å². The topological polar surface area (TPSA) is 21.3 Å². The van der Waals surface area contributed by atoms with Crippen molar-refractivity contribution in [2.24, 2.45) is 0 Å². The van der Waals surface area contributed by atoms with Crippen molar-refractivity contribution in [2.45, 2.75) is 52.7 Å². The fourth-order valence-electron chi connectivity index (χ4n) is 2.00. The number of rotatable bonds is 6. The van der Waals surface area contributed by atoms with Gasteiger partial charge in [-0.15, -0.1) is 0 Å². The molecule has 2 nitrogen and oxygen atoms in total. The van der Waals surface area contributed by atoms with Gasteiger partial charge in [-0.3, -0.25) is 0 Å². The number of hydrogen-bond acceptors (Lipinski definition) is 2. The molecule has 1 atom stereocenters. The van der Waals surface area contributed by atoms with Crippen LogP contribution in [0.4, 0.5) is 0 Å². The largest absolute Gasteiger partial charge is 0.367 e. The van der Waals surface area contributed by atoms with E-state index in [0.29, 0.717) is 0 Å². The van der Waals surface area contributed by atoms with Crippen LogP contribution in [0, 0.1) is 6.92 Å². The Morgan fingerprint density at radius 2 is 1.89 bits per heavy atom. The third-order valence-corrected chi connectivity index (χ3v) is 2.79. The van der Waals surface area contributed by atoms with Gasteiger partial charge in [-0.25, -0.2) is 0 Å². The van der Waals surface area contributed by atoms with Gasteiger partial charge >= 0.3 is 0 Å². The zero-order valence-electron chi connectivity index (χ0n) is 12.4. The molecular formula is C16H27NO. The van der Waals surface area contributed by atoms with Crippen LogP contribution in [0.15, 0.2) is 24.3 Å². The standard InChI is InChI=1S/C16H27NO/c1-6-11-17-12-15(18-16(3,4)5)14-10-8-7-9-13(14)2/h7-10,15,17H,6,11-12H2,1-5H3. The van der Waals surface area contributed by atoms with Gasteiger partial charge in [-0.2, -0.15) is 0 Å². The zero-order valence-corrected chi connectivity index (χ0v) is 12.4. The Bertz CT molecular complexity index is 354. The summed E-state index contributed by atoms with van der Waals surface area (Å²) in [7, 11) is 0. The lowest BCUT2D eigenvalue weighted by atomic mass is 10.0. The maximum atomic E-state index is 6.19. The summed E-state index contributed by atoms with van der Waals surface area (Å²) < 4.78 is 6.19. The monoisotopic (exact) mass is 249 g/mol. The summed E-state index contributed by atoms with van der Waals surface area (Å²) in [5, 5.41) is 3.46. The highest BCUT2D eigenvalue weighted by atomic mass is 16.5. The van der Waals surface area contributed by atoms with E-state index in [1.54, 1.807) is 0 Å². The molecule has 0 aliphatic carbocycles. The second-order valence-electron chi connectivity index (χ2n) is 5.78. The van der Waals surface area contributed by atoms with Crippen LogP contribution in [0.1, 0.15) is 51.3 Å². The van der Waals surface area contributed by atoms with E-state index in [-0.39, 0.29) is 11.7 Å². The van der Waals surface area contributed by atoms with Crippen LogP contribution >= 0.6 is 0 Å². The fourth-order valence-corrected chi connectivity index (χ4v) is 2.00. The van der Waals surface area contributed by atoms with Crippen molar-refractivity contribution >= 4 is 0 Å². The number of aryl methyl sites for hydroxylation is 1. The molecule has 0 spiro atoms. The van der Waals surface area contributed by atoms with Gasteiger partial charge in [0, 0.05) is 6.54 Å². The lowest BCUT2D eigenvalue weighted by Crippen LogP contribution is -2.30. The van der Waals surface area contributed by atoms with Gasteiger partial charge in [0.25, 0.3) is 0 Å². The van der Waals surface area contributed by atoms with Crippen LogP contribution in [0.25, 0.3) is 0 Å². The highest BCUT2D eigenvalue weighted by Crippen LogP contribution is 2.25. The van der Waals surface area contributed by atoms with Crippen molar-refractivity contribution < 1.29 is 4.74 Å². The minimum absolute atomic E-state index is 0.123. The molecule has 1 aromatic carbocycles. The second-order valence-corrected chi connectivity index (χ2v) is 5.78. The highest BCUT2D eigenvalue weighted by Gasteiger charge is 2.21. The first-order valence-electron chi connectivity index (χ1n) is 6.88. The third kappa shape index (κ3) is 5.19. The smallest absolute Gasteiger partial charge is 0.0958 e. The first kappa shape index (κ1) is 15.2. The van der Waals surface area contributed by atoms with E-state index in [2.05, 4.69) is 64.2 Å². The molecule has 1 rings (SSSR count). The van der Waals surface area contributed by atoms with E-state index in [1.807, 2.05) is 0 Å². The molecule has 0 fully saturated rings. The fraction of sp³-hybridized carbons (Fsp3) is 0.625. The molecule has 0 heterocycles. The molecular weight excluding hydrogens is 222 g/mol. The summed E-state index contributed by atoms with van der Waals surface area (Å²) in [6, 6.07) is 8.47. The van der Waals surface area contributed by atoms with E-state index in [4.69, 9.17) is 4.74 Å². The highest BCUT2D eigenvalue weighted by molar-refractivity contribution is 5.28. The van der Waals surface area contributed by atoms with E-state index < -0.39 is 0 Å². The van der Waals surface area contributed by atoms with Crippen LogP contribution in [0.5, 0.6) is 0 Å². The Morgan fingerprint density at radius 3 is 2.44 bits per heavy atom. The van der Waals surface area contributed by atoms with Crippen molar-refractivity contribution in [3.05, 3.63) is 35.4 Å². The van der Waals surface area contributed by atoms with Gasteiger partial charge in [-0.05, 0) is 51.8 Å². The molecule has 0 radical (unpaired) electrons. The summed E-state index contributed by atoms with van der Waals surface area (Å²) in [5.41, 5.74) is 2.46. The number of ether oxygens (including phenoxy) is 1. The Labute approximate surface area is 112 Å². The molecule has 0 saturated heterocycles. The van der Waals surface area contributed by atoms with Crippen molar-refractivity contribution in [1.82, 2.24) is 5.32 Å². The predicted molar refractivity (Wildman–Crippen MR) is 77.9 cm³/mol. The molecule has 0 saturated carbocycles. The van der Waals surface area contributed by atoms with E-state index in [1.165, 1.54) is 11.1 Å². The van der Waals surface area contributed by atoms with Gasteiger partial charge in [0.05, 0.1) is 11.7 Å². The van der Waals surface area contributed by atoms with Crippen LogP contribution in [0.2, 0.25) is 0 Å². The van der Waals surface area contributed by atoms with Crippen molar-refractivity contribution in [1.29, 1.82) is 0 Å². The van der Waals surface area contributed by atoms with Crippen LogP contribution in [0.3, 0.4) is 0 Å². The van der Waals surface area contributed by atoms with Crippen LogP contribution in [-0.4, -0.2) is 18.7 Å². The molecule has 2 heteroatoms. The second kappa shape index (κ2) is 6.91. The SMILES string of the molecule is CCCNCC(OC(C)(C)C)c1ccccc1C. The molecule has 1 unspecified atom stereocenters. The summed E-state index contributed by atoms with van der Waals surface area (Å²) >= 11 is 0. The van der Waals surface area contributed by atoms with E-state index in [0.717, 1.165) is 19.5 Å². The lowest BCUT2D eigenvalue weighted by Gasteiger charge is -2.29. The molecule has 102 valence electrons. The maximum absolute atomic E-state index is 6.19. The number of nitrogens with one attached hydrogen (secondary N) is 1. The summed E-state index contributed by atoms with van der Waals surface area (Å²) in [5.74, 6) is 0. The van der Waals surface area contributed by atoms with Gasteiger partial charge in [0.15, 0.2) is 0 Å². The van der Waals surface area contributed by atoms with Crippen molar-refractivity contribution in [3.8, 4) is 0 Å². The summed E-state index contributed by atoms with van der Waals surface area (Å²) in [6.07, 6.45) is 1.27. The Balaban J connectivity index is 2.80. The first-order valence-corrected chi connectivity index (χ1v) is 6.88. The summed E-state index contributed by atoms with van der Waals surface area (Å²) in [4.78, 5) is 0. The Morgan fingerprint density at radius 1 is 1.22 bits per heavy atom. The van der Waals surface area contributed by atoms with Crippen LogP contribution < -0.4 is 5.32 Å². The minimum atomic E-state index is -0.124. The van der Waals surface area contributed by atoms with Crippen LogP contribution in [-0.2, 0) is 4.74 Å². The molecule has 0 aliphatic heterocycles. The maximum Gasteiger partial charge on any atom is 0.0958 e. The van der Waals surface area contributed by atoms with Gasteiger partial charge < -0.3 is 10.1 Å². The zero-order chi connectivity index (χ0) is 13.6. The molecule has 1 N–H and O–H groups in total. The van der Waals surface area contributed by atoms with Gasteiger partial charge in [0.2, 0.25) is 0 Å². The normalized spacial score (nSPS) is 13.6. The number of benzene rings is 1. The Hall–Kier alpha value is -0.860. The minimum Gasteiger partial charge on any atom is -0.367 e. The Kier molecular flexibility index (Phi) is 5.83. The molecule has 0 bridgehead atoms.